The average Bonchev–Trinajstić information content (AvgIpc) is 2.45. The summed E-state index contributed by atoms with van der Waals surface area (Å²) in [4.78, 5) is 0. The van der Waals surface area contributed by atoms with Crippen LogP contribution in [0.4, 0.5) is 0 Å². The summed E-state index contributed by atoms with van der Waals surface area (Å²) >= 11 is 3.47. The quantitative estimate of drug-likeness (QED) is 0.701. The molecule has 0 N–H and O–H groups in total. The van der Waals surface area contributed by atoms with Crippen LogP contribution in [0.5, 0.6) is 5.75 Å². The van der Waals surface area contributed by atoms with Gasteiger partial charge >= 0.3 is 0 Å². The van der Waals surface area contributed by atoms with E-state index in [1.165, 1.54) is 5.39 Å². The molecule has 0 atom stereocenters. The van der Waals surface area contributed by atoms with E-state index in [4.69, 9.17) is 14.2 Å². The largest absolute Gasteiger partial charge is 0.488 e. The highest BCUT2D eigenvalue weighted by molar-refractivity contribution is 9.10. The van der Waals surface area contributed by atoms with Crippen molar-refractivity contribution in [2.24, 2.45) is 0 Å². The number of rotatable bonds is 7. The number of ether oxygens (including phenoxy) is 3. The monoisotopic (exact) mass is 338 g/mol. The molecule has 0 fully saturated rings. The van der Waals surface area contributed by atoms with Crippen molar-refractivity contribution < 1.29 is 14.2 Å². The molecule has 0 heterocycles. The Kier molecular flexibility index (Phi) is 5.83. The van der Waals surface area contributed by atoms with Crippen molar-refractivity contribution in [3.63, 3.8) is 0 Å². The van der Waals surface area contributed by atoms with Crippen LogP contribution in [0.1, 0.15) is 13.8 Å². The van der Waals surface area contributed by atoms with Gasteiger partial charge in [-0.3, -0.25) is 0 Å². The fraction of sp³-hybridized carbons (Fsp3) is 0.375. The highest BCUT2D eigenvalue weighted by Gasteiger charge is 2.09. The molecular weight excluding hydrogens is 320 g/mol. The Morgan fingerprint density at radius 2 is 1.60 bits per heavy atom. The van der Waals surface area contributed by atoms with Gasteiger partial charge in [0.25, 0.3) is 0 Å². The molecule has 3 nitrogen and oxygen atoms in total. The summed E-state index contributed by atoms with van der Waals surface area (Å²) in [5, 5.41) is 2.33. The van der Waals surface area contributed by atoms with Gasteiger partial charge < -0.3 is 14.2 Å². The SMILES string of the molecule is CCOC(COc1ccc2cc(Br)ccc2c1)OCC. The third-order valence-corrected chi connectivity index (χ3v) is 3.36. The summed E-state index contributed by atoms with van der Waals surface area (Å²) in [6.07, 6.45) is -0.314. The first-order valence-corrected chi connectivity index (χ1v) is 7.57. The number of hydrogen-bond acceptors (Lipinski definition) is 3. The van der Waals surface area contributed by atoms with Gasteiger partial charge in [0.1, 0.15) is 12.4 Å². The molecule has 4 heteroatoms. The van der Waals surface area contributed by atoms with E-state index in [2.05, 4.69) is 28.1 Å². The van der Waals surface area contributed by atoms with Crippen LogP contribution in [0.15, 0.2) is 40.9 Å². The molecule has 0 saturated carbocycles. The molecule has 0 bridgehead atoms. The van der Waals surface area contributed by atoms with Crippen LogP contribution in [-0.4, -0.2) is 26.1 Å². The first-order chi connectivity index (χ1) is 9.72. The number of fused-ring (bicyclic) bond motifs is 1. The summed E-state index contributed by atoms with van der Waals surface area (Å²) in [6.45, 7) is 5.50. The molecule has 0 aliphatic heterocycles. The van der Waals surface area contributed by atoms with Crippen molar-refractivity contribution in [3.05, 3.63) is 40.9 Å². The minimum Gasteiger partial charge on any atom is -0.488 e. The summed E-state index contributed by atoms with van der Waals surface area (Å²) < 4.78 is 17.7. The predicted molar refractivity (Wildman–Crippen MR) is 84.2 cm³/mol. The molecule has 0 saturated heterocycles. The van der Waals surface area contributed by atoms with E-state index in [1.807, 2.05) is 38.1 Å². The third kappa shape index (κ3) is 4.20. The molecule has 0 amide bonds. The van der Waals surface area contributed by atoms with Crippen LogP contribution in [0.2, 0.25) is 0 Å². The van der Waals surface area contributed by atoms with Crippen LogP contribution in [0, 0.1) is 0 Å². The zero-order valence-corrected chi connectivity index (χ0v) is 13.4. The zero-order valence-electron chi connectivity index (χ0n) is 11.8. The molecule has 0 spiro atoms. The Hall–Kier alpha value is -1.10. The Bertz CT molecular complexity index is 550. The highest BCUT2D eigenvalue weighted by atomic mass is 79.9. The molecular formula is C16H19BrO3. The number of benzene rings is 2. The molecule has 0 aliphatic carbocycles. The first kappa shape index (κ1) is 15.3. The molecule has 0 aliphatic rings. The first-order valence-electron chi connectivity index (χ1n) is 6.78. The Morgan fingerprint density at radius 3 is 2.30 bits per heavy atom. The van der Waals surface area contributed by atoms with E-state index in [-0.39, 0.29) is 6.29 Å². The van der Waals surface area contributed by atoms with Gasteiger partial charge in [-0.15, -0.1) is 0 Å². The fourth-order valence-corrected chi connectivity index (χ4v) is 2.34. The van der Waals surface area contributed by atoms with Gasteiger partial charge in [0, 0.05) is 17.7 Å². The van der Waals surface area contributed by atoms with Crippen molar-refractivity contribution >= 4 is 26.7 Å². The average molecular weight is 339 g/mol. The van der Waals surface area contributed by atoms with E-state index < -0.39 is 0 Å². The Morgan fingerprint density at radius 1 is 0.950 bits per heavy atom. The maximum Gasteiger partial charge on any atom is 0.191 e. The van der Waals surface area contributed by atoms with Crippen molar-refractivity contribution in [2.75, 3.05) is 19.8 Å². The maximum absolute atomic E-state index is 5.75. The second kappa shape index (κ2) is 7.62. The van der Waals surface area contributed by atoms with Crippen molar-refractivity contribution in [2.45, 2.75) is 20.1 Å². The molecule has 2 aromatic rings. The molecule has 20 heavy (non-hydrogen) atoms. The van der Waals surface area contributed by atoms with Crippen LogP contribution in [0.25, 0.3) is 10.8 Å². The lowest BCUT2D eigenvalue weighted by Crippen LogP contribution is -2.25. The number of hydrogen-bond donors (Lipinski definition) is 0. The third-order valence-electron chi connectivity index (χ3n) is 2.86. The molecule has 2 rings (SSSR count). The Balaban J connectivity index is 2.03. The molecule has 108 valence electrons. The lowest BCUT2D eigenvalue weighted by Gasteiger charge is -2.17. The van der Waals surface area contributed by atoms with E-state index in [1.54, 1.807) is 0 Å². The van der Waals surface area contributed by atoms with Gasteiger partial charge in [-0.25, -0.2) is 0 Å². The second-order valence-electron chi connectivity index (χ2n) is 4.30. The van der Waals surface area contributed by atoms with Crippen LogP contribution >= 0.6 is 15.9 Å². The normalized spacial score (nSPS) is 11.2. The lowest BCUT2D eigenvalue weighted by molar-refractivity contribution is -0.152. The van der Waals surface area contributed by atoms with Crippen molar-refractivity contribution in [1.29, 1.82) is 0 Å². The van der Waals surface area contributed by atoms with Crippen LogP contribution < -0.4 is 4.74 Å². The smallest absolute Gasteiger partial charge is 0.191 e. The summed E-state index contributed by atoms with van der Waals surface area (Å²) in [6, 6.07) is 12.2. The van der Waals surface area contributed by atoms with Gasteiger partial charge in [-0.1, -0.05) is 28.1 Å². The summed E-state index contributed by atoms with van der Waals surface area (Å²) in [7, 11) is 0. The van der Waals surface area contributed by atoms with Crippen molar-refractivity contribution in [1.82, 2.24) is 0 Å². The minimum absolute atomic E-state index is 0.314. The van der Waals surface area contributed by atoms with E-state index in [0.29, 0.717) is 19.8 Å². The van der Waals surface area contributed by atoms with Gasteiger partial charge in [-0.05, 0) is 48.9 Å². The number of halogens is 1. The van der Waals surface area contributed by atoms with Gasteiger partial charge in [-0.2, -0.15) is 0 Å². The van der Waals surface area contributed by atoms with Gasteiger partial charge in [0.05, 0.1) is 0 Å². The van der Waals surface area contributed by atoms with Gasteiger partial charge in [0.15, 0.2) is 6.29 Å². The zero-order chi connectivity index (χ0) is 14.4. The van der Waals surface area contributed by atoms with E-state index >= 15 is 0 Å². The fourth-order valence-electron chi connectivity index (χ4n) is 1.96. The topological polar surface area (TPSA) is 27.7 Å². The highest BCUT2D eigenvalue weighted by Crippen LogP contribution is 2.24. The second-order valence-corrected chi connectivity index (χ2v) is 5.22. The van der Waals surface area contributed by atoms with E-state index in [0.717, 1.165) is 15.6 Å². The predicted octanol–water partition coefficient (Wildman–Crippen LogP) is 4.38. The minimum atomic E-state index is -0.314. The van der Waals surface area contributed by atoms with Crippen LogP contribution in [0.3, 0.4) is 0 Å². The summed E-state index contributed by atoms with van der Waals surface area (Å²) in [5.41, 5.74) is 0. The standard InChI is InChI=1S/C16H19BrO3/c1-3-18-16(19-4-2)11-20-15-8-6-12-9-14(17)7-5-13(12)10-15/h5-10,16H,3-4,11H2,1-2H3. The van der Waals surface area contributed by atoms with Gasteiger partial charge in [0.2, 0.25) is 0 Å². The Labute approximate surface area is 128 Å². The molecule has 0 radical (unpaired) electrons. The molecule has 2 aromatic carbocycles. The maximum atomic E-state index is 5.75. The molecule has 0 aromatic heterocycles. The van der Waals surface area contributed by atoms with Crippen LogP contribution in [-0.2, 0) is 9.47 Å². The molecule has 0 unspecified atom stereocenters. The summed E-state index contributed by atoms with van der Waals surface area (Å²) in [5.74, 6) is 0.823. The van der Waals surface area contributed by atoms with Crippen molar-refractivity contribution in [3.8, 4) is 5.75 Å². The lowest BCUT2D eigenvalue weighted by atomic mass is 10.1. The van der Waals surface area contributed by atoms with E-state index in [9.17, 15) is 0 Å².